The van der Waals surface area contributed by atoms with Crippen LogP contribution in [-0.4, -0.2) is 93.4 Å². The summed E-state index contributed by atoms with van der Waals surface area (Å²) in [4.78, 5) is 56.6. The van der Waals surface area contributed by atoms with Gasteiger partial charge in [-0.3, -0.25) is 24.4 Å². The highest BCUT2D eigenvalue weighted by Gasteiger charge is 2.52. The fourth-order valence-corrected chi connectivity index (χ4v) is 8.69. The number of hydrogen-bond acceptors (Lipinski definition) is 8. The van der Waals surface area contributed by atoms with Gasteiger partial charge in [0, 0.05) is 63.8 Å². The van der Waals surface area contributed by atoms with Crippen LogP contribution in [0.25, 0.3) is 0 Å². The second-order valence-corrected chi connectivity index (χ2v) is 16.0. The van der Waals surface area contributed by atoms with Gasteiger partial charge < -0.3 is 29.9 Å². The van der Waals surface area contributed by atoms with Crippen LogP contribution < -0.4 is 20.7 Å². The third kappa shape index (κ3) is 8.29. The Kier molecular flexibility index (Phi) is 10.4. The van der Waals surface area contributed by atoms with Crippen LogP contribution in [0, 0.1) is 23.6 Å². The molecule has 0 bridgehead atoms. The molecule has 3 aromatic rings. The molecule has 2 saturated heterocycles. The third-order valence-electron chi connectivity index (χ3n) is 12.1. The second kappa shape index (κ2) is 15.3. The molecule has 4 fully saturated rings. The molecular weight excluding hydrogens is 750 g/mol. The van der Waals surface area contributed by atoms with E-state index in [9.17, 15) is 32.3 Å². The number of amides is 4. The second-order valence-electron chi connectivity index (χ2n) is 16.0. The van der Waals surface area contributed by atoms with Gasteiger partial charge in [-0.25, -0.2) is 9.18 Å². The van der Waals surface area contributed by atoms with Gasteiger partial charge in [-0.2, -0.15) is 18.3 Å². The molecular formula is C40H45F4N7O6. The quantitative estimate of drug-likeness (QED) is 0.241. The van der Waals surface area contributed by atoms with Crippen LogP contribution >= 0.6 is 0 Å². The Hall–Kier alpha value is -5.19. The number of carbonyl (C=O) groups excluding carboxylic acids is 4. The number of aryl methyl sites for hydroxylation is 1. The molecule has 0 radical (unpaired) electrons. The zero-order valence-electron chi connectivity index (χ0n) is 31.4. The molecule has 4 heterocycles. The van der Waals surface area contributed by atoms with Gasteiger partial charge >= 0.3 is 12.3 Å². The van der Waals surface area contributed by atoms with Gasteiger partial charge in [0.15, 0.2) is 0 Å². The molecule has 1 aromatic heterocycles. The summed E-state index contributed by atoms with van der Waals surface area (Å²) in [5, 5.41) is 11.9. The fraction of sp³-hybridized carbons (Fsp3) is 0.525. The zero-order valence-corrected chi connectivity index (χ0v) is 31.4. The van der Waals surface area contributed by atoms with E-state index in [2.05, 4.69) is 21.0 Å². The van der Waals surface area contributed by atoms with Gasteiger partial charge in [-0.15, -0.1) is 0 Å². The van der Waals surface area contributed by atoms with Crippen LogP contribution in [0.4, 0.5) is 28.0 Å². The summed E-state index contributed by atoms with van der Waals surface area (Å²) in [5.74, 6) is -2.14. The summed E-state index contributed by atoms with van der Waals surface area (Å²) in [6, 6.07) is 9.20. The highest BCUT2D eigenvalue weighted by atomic mass is 19.4. The first kappa shape index (κ1) is 38.7. The van der Waals surface area contributed by atoms with Gasteiger partial charge in [-0.1, -0.05) is 30.3 Å². The molecule has 5 aliphatic rings. The Morgan fingerprint density at radius 2 is 1.75 bits per heavy atom. The van der Waals surface area contributed by atoms with Crippen LogP contribution in [0.3, 0.4) is 0 Å². The number of likely N-dealkylation sites (tertiary alicyclic amines) is 1. The maximum absolute atomic E-state index is 16.2. The van der Waals surface area contributed by atoms with E-state index in [1.807, 2.05) is 30.3 Å². The van der Waals surface area contributed by atoms with Gasteiger partial charge in [0.25, 0.3) is 5.91 Å². The van der Waals surface area contributed by atoms with Crippen LogP contribution in [0.2, 0.25) is 0 Å². The maximum atomic E-state index is 16.2. The van der Waals surface area contributed by atoms with Crippen molar-refractivity contribution in [2.75, 3.05) is 31.5 Å². The number of piperidine rings is 1. The smallest absolute Gasteiger partial charge is 0.410 e. The maximum Gasteiger partial charge on any atom is 0.410 e. The Morgan fingerprint density at radius 1 is 1.05 bits per heavy atom. The van der Waals surface area contributed by atoms with Crippen LogP contribution in [0.1, 0.15) is 72.6 Å². The van der Waals surface area contributed by atoms with E-state index in [-0.39, 0.29) is 79.4 Å². The third-order valence-corrected chi connectivity index (χ3v) is 12.1. The minimum Gasteiger partial charge on any atom is -0.487 e. The molecule has 304 valence electrons. The first-order valence-electron chi connectivity index (χ1n) is 19.5. The number of ether oxygens (including phenoxy) is 2. The lowest BCUT2D eigenvalue weighted by Crippen LogP contribution is -2.61. The number of anilines is 1. The number of benzene rings is 2. The first-order valence-corrected chi connectivity index (χ1v) is 19.5. The predicted octanol–water partition coefficient (Wildman–Crippen LogP) is 5.09. The molecule has 8 rings (SSSR count). The number of carbonyl (C=O) groups is 4. The van der Waals surface area contributed by atoms with Crippen molar-refractivity contribution in [1.29, 1.82) is 0 Å². The van der Waals surface area contributed by atoms with E-state index in [0.717, 1.165) is 42.2 Å². The average Bonchev–Trinajstić information content (AvgIpc) is 4.14. The summed E-state index contributed by atoms with van der Waals surface area (Å²) in [6.45, 7) is -0.778. The Balaban J connectivity index is 1.06. The molecule has 1 spiro atoms. The normalized spacial score (nSPS) is 22.5. The van der Waals surface area contributed by atoms with Crippen molar-refractivity contribution in [3.63, 3.8) is 0 Å². The summed E-state index contributed by atoms with van der Waals surface area (Å²) in [6.07, 6.45) is 0.522. The number of fused-ring (bicyclic) bond motifs is 1. The number of alkyl halides is 3. The topological polar surface area (TPSA) is 147 Å². The van der Waals surface area contributed by atoms with E-state index in [4.69, 9.17) is 9.47 Å². The lowest BCUT2D eigenvalue weighted by Gasteiger charge is -2.50. The molecule has 57 heavy (non-hydrogen) atoms. The highest BCUT2D eigenvalue weighted by molar-refractivity contribution is 6.01. The molecule has 3 aliphatic heterocycles. The van der Waals surface area contributed by atoms with E-state index in [1.165, 1.54) is 21.8 Å². The number of aromatic nitrogens is 2. The lowest BCUT2D eigenvalue weighted by molar-refractivity contribution is -0.174. The van der Waals surface area contributed by atoms with Crippen molar-refractivity contribution in [3.05, 3.63) is 77.4 Å². The number of nitrogens with one attached hydrogen (secondary N) is 3. The predicted molar refractivity (Wildman–Crippen MR) is 196 cm³/mol. The van der Waals surface area contributed by atoms with Gasteiger partial charge in [0.1, 0.15) is 41.6 Å². The van der Waals surface area contributed by atoms with Gasteiger partial charge in [0.2, 0.25) is 11.8 Å². The van der Waals surface area contributed by atoms with E-state index >= 15 is 4.39 Å². The molecule has 4 amide bonds. The van der Waals surface area contributed by atoms with E-state index < -0.39 is 72.6 Å². The van der Waals surface area contributed by atoms with Crippen LogP contribution in [-0.2, 0) is 28.0 Å². The zero-order chi connectivity index (χ0) is 40.1. The van der Waals surface area contributed by atoms with Crippen molar-refractivity contribution in [1.82, 2.24) is 30.2 Å². The number of piperazine rings is 1. The molecule has 2 saturated carbocycles. The summed E-state index contributed by atoms with van der Waals surface area (Å²) in [7, 11) is 1.62. The minimum absolute atomic E-state index is 0.0565. The van der Waals surface area contributed by atoms with Gasteiger partial charge in [-0.05, 0) is 61.1 Å². The lowest BCUT2D eigenvalue weighted by atomic mass is 9.79. The number of rotatable bonds is 10. The van der Waals surface area contributed by atoms with Crippen molar-refractivity contribution < 1.29 is 46.2 Å². The SMILES string of the molecule is Cn1nccc1C(=O)N[C@H](C(=O)Nc1cc2c(cc1F)C(N1C[C@@H](C(F)(F)F)NCC1=O)CC1(CCN(C(=O)OCc3ccccc3)CC1)O2)C(C1CC1)C1CC1. The number of halogens is 4. The van der Waals surface area contributed by atoms with Crippen LogP contribution in [0.5, 0.6) is 5.75 Å². The molecule has 3 atom stereocenters. The van der Waals surface area contributed by atoms with Crippen molar-refractivity contribution in [3.8, 4) is 5.75 Å². The van der Waals surface area contributed by atoms with Crippen molar-refractivity contribution >= 4 is 29.5 Å². The number of nitrogens with zero attached hydrogens (tertiary/aromatic N) is 4. The first-order chi connectivity index (χ1) is 27.3. The minimum atomic E-state index is -4.64. The Morgan fingerprint density at radius 3 is 2.39 bits per heavy atom. The summed E-state index contributed by atoms with van der Waals surface area (Å²) >= 11 is 0. The molecule has 13 nitrogen and oxygen atoms in total. The Bertz CT molecular complexity index is 2000. The van der Waals surface area contributed by atoms with Crippen LogP contribution in [0.15, 0.2) is 54.7 Å². The summed E-state index contributed by atoms with van der Waals surface area (Å²) < 4.78 is 71.7. The monoisotopic (exact) mass is 795 g/mol. The Labute approximate surface area is 326 Å². The van der Waals surface area contributed by atoms with E-state index in [0.29, 0.717) is 0 Å². The van der Waals surface area contributed by atoms with Crippen molar-refractivity contribution in [2.45, 2.75) is 81.5 Å². The largest absolute Gasteiger partial charge is 0.487 e. The molecule has 3 N–H and O–H groups in total. The molecule has 17 heteroatoms. The summed E-state index contributed by atoms with van der Waals surface area (Å²) in [5.41, 5.74) is -0.0314. The fourth-order valence-electron chi connectivity index (χ4n) is 8.69. The highest BCUT2D eigenvalue weighted by Crippen LogP contribution is 2.52. The average molecular weight is 796 g/mol. The standard InChI is InChI=1S/C40H45F4N7O6/c1-49-29(11-14-46-49)36(53)48-35(34(24-7-8-24)25-9-10-25)37(54)47-28-18-31-26(17-27(28)41)30(51-21-32(40(42,43)44)45-20-33(51)52)19-39(57-31)12-15-50(16-13-39)38(55)56-22-23-5-3-2-4-6-23/h2-6,11,14,17-18,24-25,30,32,34-35,45H,7-10,12-13,15-16,19-22H2,1H3,(H,47,54)(H,48,53)/t30?,32-,35-/m0/s1. The number of hydrogen-bond donors (Lipinski definition) is 3. The van der Waals surface area contributed by atoms with Crippen molar-refractivity contribution in [2.24, 2.45) is 24.8 Å². The van der Waals surface area contributed by atoms with E-state index in [1.54, 1.807) is 13.1 Å². The van der Waals surface area contributed by atoms with Gasteiger partial charge in [0.05, 0.1) is 18.3 Å². The molecule has 1 unspecified atom stereocenters. The molecule has 2 aliphatic carbocycles. The molecule has 2 aromatic carbocycles.